The predicted octanol–water partition coefficient (Wildman–Crippen LogP) is 4.69. The van der Waals surface area contributed by atoms with Crippen LogP contribution in [0.4, 0.5) is 0 Å². The average molecular weight is 438 g/mol. The molecule has 1 nitrogen and oxygen atoms in total. The molecule has 0 fully saturated rings. The van der Waals surface area contributed by atoms with Gasteiger partial charge in [0.1, 0.15) is 0 Å². The quantitative estimate of drug-likeness (QED) is 0.346. The van der Waals surface area contributed by atoms with Gasteiger partial charge in [-0.1, -0.05) is 115 Å². The lowest BCUT2D eigenvalue weighted by Crippen LogP contribution is -2.73. The third-order valence-corrected chi connectivity index (χ3v) is 12.4. The molecule has 0 bridgehead atoms. The van der Waals surface area contributed by atoms with Gasteiger partial charge < -0.3 is 4.57 Å². The molecule has 33 heavy (non-hydrogen) atoms. The predicted molar refractivity (Wildman–Crippen MR) is 143 cm³/mol. The van der Waals surface area contributed by atoms with Crippen LogP contribution in [0.3, 0.4) is 0 Å². The van der Waals surface area contributed by atoms with Gasteiger partial charge in [0.25, 0.3) is 0 Å². The summed E-state index contributed by atoms with van der Waals surface area (Å²) in [5.41, 5.74) is 5.45. The van der Waals surface area contributed by atoms with Gasteiger partial charge in [0, 0.05) is 28.9 Å². The first kappa shape index (κ1) is 18.7. The van der Waals surface area contributed by atoms with Crippen molar-refractivity contribution in [2.45, 2.75) is 0 Å². The Morgan fingerprint density at radius 1 is 0.515 bits per heavy atom. The summed E-state index contributed by atoms with van der Waals surface area (Å²) in [7, 11) is -0.266. The van der Waals surface area contributed by atoms with E-state index in [0.717, 1.165) is 0 Å². The van der Waals surface area contributed by atoms with Crippen molar-refractivity contribution < 1.29 is 0 Å². The van der Waals surface area contributed by atoms with Crippen LogP contribution >= 0.6 is 0 Å². The standard InChI is InChI=1S/C31H23NSi/c1-32-28-18-10-8-16-24(28)26-20-21-27-25-17-9-11-19-29(25)33(31(27)30(26)32,22-12-4-2-5-13-22)23-14-6-3-7-15-23/h2-21H,1H3. The second-order valence-electron chi connectivity index (χ2n) is 8.99. The van der Waals surface area contributed by atoms with E-state index in [4.69, 9.17) is 0 Å². The molecule has 2 heteroatoms. The van der Waals surface area contributed by atoms with Crippen molar-refractivity contribution in [3.63, 3.8) is 0 Å². The SMILES string of the molecule is Cn1c2ccccc2c2ccc3c(c21)[Si](c1ccccc1)(c1ccccc1)c1ccccc1-3. The van der Waals surface area contributed by atoms with Crippen molar-refractivity contribution in [1.29, 1.82) is 0 Å². The van der Waals surface area contributed by atoms with Gasteiger partial charge >= 0.3 is 0 Å². The summed E-state index contributed by atoms with van der Waals surface area (Å²) >= 11 is 0. The molecule has 0 spiro atoms. The Kier molecular flexibility index (Phi) is 3.85. The molecule has 0 aliphatic carbocycles. The van der Waals surface area contributed by atoms with Crippen LogP contribution < -0.4 is 20.7 Å². The van der Waals surface area contributed by atoms with Crippen molar-refractivity contribution in [3.8, 4) is 11.1 Å². The van der Waals surface area contributed by atoms with Crippen molar-refractivity contribution >= 4 is 50.6 Å². The molecule has 1 aliphatic heterocycles. The van der Waals surface area contributed by atoms with E-state index in [0.29, 0.717) is 0 Å². The maximum absolute atomic E-state index is 2.51. The molecule has 5 aromatic carbocycles. The van der Waals surface area contributed by atoms with Gasteiger partial charge in [0.05, 0.1) is 0 Å². The summed E-state index contributed by atoms with van der Waals surface area (Å²) in [6.45, 7) is 0. The fourth-order valence-electron chi connectivity index (χ4n) is 6.20. The normalized spacial score (nSPS) is 13.8. The largest absolute Gasteiger partial charge is 0.344 e. The van der Waals surface area contributed by atoms with Gasteiger partial charge in [0.15, 0.2) is 8.07 Å². The fourth-order valence-corrected chi connectivity index (χ4v) is 11.6. The first-order valence-electron chi connectivity index (χ1n) is 11.5. The maximum atomic E-state index is 2.43. The summed E-state index contributed by atoms with van der Waals surface area (Å²) in [6.07, 6.45) is 0. The Bertz CT molecular complexity index is 1620. The zero-order chi connectivity index (χ0) is 22.0. The van der Waals surface area contributed by atoms with Crippen LogP contribution in [0.5, 0.6) is 0 Å². The Labute approximate surface area is 194 Å². The second kappa shape index (κ2) is 6.81. The summed E-state index contributed by atoms with van der Waals surface area (Å²) in [4.78, 5) is 0. The lowest BCUT2D eigenvalue weighted by Gasteiger charge is -2.32. The highest BCUT2D eigenvalue weighted by Gasteiger charge is 2.50. The molecule has 6 aromatic rings. The Hall–Kier alpha value is -3.88. The smallest absolute Gasteiger partial charge is 0.183 e. The van der Waals surface area contributed by atoms with Crippen molar-refractivity contribution in [1.82, 2.24) is 4.57 Å². The third kappa shape index (κ3) is 2.31. The second-order valence-corrected chi connectivity index (χ2v) is 12.7. The van der Waals surface area contributed by atoms with Gasteiger partial charge in [-0.05, 0) is 37.9 Å². The van der Waals surface area contributed by atoms with Crippen LogP contribution in [0.15, 0.2) is 121 Å². The highest BCUT2D eigenvalue weighted by Crippen LogP contribution is 2.36. The zero-order valence-electron chi connectivity index (χ0n) is 18.5. The number of benzene rings is 5. The molecule has 1 aromatic heterocycles. The first-order chi connectivity index (χ1) is 16.3. The van der Waals surface area contributed by atoms with Crippen molar-refractivity contribution in [2.75, 3.05) is 0 Å². The van der Waals surface area contributed by atoms with E-state index in [2.05, 4.69) is 133 Å². The van der Waals surface area contributed by atoms with E-state index in [9.17, 15) is 0 Å². The fraction of sp³-hybridized carbons (Fsp3) is 0.0323. The molecule has 0 unspecified atom stereocenters. The van der Waals surface area contributed by atoms with Gasteiger partial charge in [-0.15, -0.1) is 0 Å². The highest BCUT2D eigenvalue weighted by molar-refractivity contribution is 7.23. The van der Waals surface area contributed by atoms with Crippen LogP contribution in [-0.4, -0.2) is 12.6 Å². The number of para-hydroxylation sites is 1. The van der Waals surface area contributed by atoms with Crippen LogP contribution in [0.2, 0.25) is 0 Å². The van der Waals surface area contributed by atoms with E-state index in [1.807, 2.05) is 0 Å². The topological polar surface area (TPSA) is 4.93 Å². The van der Waals surface area contributed by atoms with Crippen LogP contribution in [0.1, 0.15) is 0 Å². The molecular formula is C31H23NSi. The number of nitrogens with zero attached hydrogens (tertiary/aromatic N) is 1. The Morgan fingerprint density at radius 3 is 1.85 bits per heavy atom. The first-order valence-corrected chi connectivity index (χ1v) is 13.5. The molecule has 0 saturated heterocycles. The minimum Gasteiger partial charge on any atom is -0.344 e. The van der Waals surface area contributed by atoms with Crippen LogP contribution in [-0.2, 0) is 7.05 Å². The summed E-state index contributed by atoms with van der Waals surface area (Å²) < 4.78 is 2.43. The lowest BCUT2D eigenvalue weighted by atomic mass is 10.0. The van der Waals surface area contributed by atoms with E-state index in [1.165, 1.54) is 53.7 Å². The van der Waals surface area contributed by atoms with Crippen LogP contribution in [0.25, 0.3) is 32.9 Å². The molecule has 0 N–H and O–H groups in total. The molecule has 1 aliphatic rings. The van der Waals surface area contributed by atoms with Crippen molar-refractivity contribution in [2.24, 2.45) is 7.05 Å². The Balaban J connectivity index is 1.77. The summed E-state index contributed by atoms with van der Waals surface area (Å²) in [6, 6.07) is 45.2. The molecule has 156 valence electrons. The molecular weight excluding hydrogens is 414 g/mol. The molecule has 0 radical (unpaired) electrons. The number of aromatic nitrogens is 1. The van der Waals surface area contributed by atoms with Gasteiger partial charge in [-0.25, -0.2) is 0 Å². The summed E-state index contributed by atoms with van der Waals surface area (Å²) in [5, 5.41) is 8.59. The molecule has 0 atom stereocenters. The van der Waals surface area contributed by atoms with E-state index >= 15 is 0 Å². The average Bonchev–Trinajstić information content (AvgIpc) is 3.36. The van der Waals surface area contributed by atoms with E-state index in [1.54, 1.807) is 0 Å². The minimum atomic E-state index is -2.51. The number of rotatable bonds is 2. The number of fused-ring (bicyclic) bond motifs is 7. The molecule has 0 saturated carbocycles. The third-order valence-electron chi connectivity index (χ3n) is 7.48. The molecule has 2 heterocycles. The Morgan fingerprint density at radius 2 is 1.12 bits per heavy atom. The minimum absolute atomic E-state index is 1.29. The monoisotopic (exact) mass is 437 g/mol. The van der Waals surface area contributed by atoms with Gasteiger partial charge in [-0.3, -0.25) is 0 Å². The number of aryl methyl sites for hydroxylation is 1. The number of hydrogen-bond donors (Lipinski definition) is 0. The molecule has 7 rings (SSSR count). The van der Waals surface area contributed by atoms with Crippen molar-refractivity contribution in [3.05, 3.63) is 121 Å². The lowest BCUT2D eigenvalue weighted by molar-refractivity contribution is 1.02. The van der Waals surface area contributed by atoms with Gasteiger partial charge in [-0.2, -0.15) is 0 Å². The zero-order valence-corrected chi connectivity index (χ0v) is 19.5. The number of hydrogen-bond acceptors (Lipinski definition) is 0. The molecule has 0 amide bonds. The van der Waals surface area contributed by atoms with Gasteiger partial charge in [0.2, 0.25) is 0 Å². The van der Waals surface area contributed by atoms with E-state index < -0.39 is 8.07 Å². The van der Waals surface area contributed by atoms with E-state index in [-0.39, 0.29) is 0 Å². The highest BCUT2D eigenvalue weighted by atomic mass is 28.3. The van der Waals surface area contributed by atoms with Crippen LogP contribution in [0, 0.1) is 0 Å². The maximum Gasteiger partial charge on any atom is 0.183 e. The summed E-state index contributed by atoms with van der Waals surface area (Å²) in [5.74, 6) is 0.